The van der Waals surface area contributed by atoms with Crippen LogP contribution in [0.15, 0.2) is 18.3 Å². The summed E-state index contributed by atoms with van der Waals surface area (Å²) in [5.41, 5.74) is 0.449. The number of piperazine rings is 1. The molecular weight excluding hydrogens is 258 g/mol. The van der Waals surface area contributed by atoms with Gasteiger partial charge in [-0.05, 0) is 25.6 Å². The van der Waals surface area contributed by atoms with E-state index in [1.807, 2.05) is 4.90 Å². The molecule has 0 bridgehead atoms. The SMILES string of the molecule is CCN1CCN(C(=O)c2cccn2CC(=O)O)CC1C. The lowest BCUT2D eigenvalue weighted by atomic mass is 10.2. The highest BCUT2D eigenvalue weighted by Crippen LogP contribution is 2.13. The van der Waals surface area contributed by atoms with Crippen LogP contribution in [0.1, 0.15) is 24.3 Å². The predicted molar refractivity (Wildman–Crippen MR) is 74.7 cm³/mol. The summed E-state index contributed by atoms with van der Waals surface area (Å²) in [5.74, 6) is -1.03. The number of carbonyl (C=O) groups excluding carboxylic acids is 1. The Kier molecular flexibility index (Phi) is 4.44. The van der Waals surface area contributed by atoms with E-state index in [1.54, 1.807) is 18.3 Å². The van der Waals surface area contributed by atoms with Crippen LogP contribution < -0.4 is 0 Å². The summed E-state index contributed by atoms with van der Waals surface area (Å²) in [6.45, 7) is 7.27. The minimum absolute atomic E-state index is 0.0844. The molecule has 1 aromatic rings. The highest BCUT2D eigenvalue weighted by atomic mass is 16.4. The number of carboxylic acids is 1. The third-order valence-electron chi connectivity index (χ3n) is 3.81. The maximum absolute atomic E-state index is 12.5. The molecule has 0 saturated carbocycles. The lowest BCUT2D eigenvalue weighted by Crippen LogP contribution is -2.53. The molecule has 1 unspecified atom stereocenters. The average molecular weight is 279 g/mol. The van der Waals surface area contributed by atoms with Crippen LogP contribution in [-0.4, -0.2) is 63.6 Å². The highest BCUT2D eigenvalue weighted by molar-refractivity contribution is 5.93. The predicted octanol–water partition coefficient (Wildman–Crippen LogP) is 0.739. The first-order valence-corrected chi connectivity index (χ1v) is 6.93. The van der Waals surface area contributed by atoms with Crippen molar-refractivity contribution in [2.45, 2.75) is 26.4 Å². The number of amides is 1. The number of carbonyl (C=O) groups is 2. The van der Waals surface area contributed by atoms with Gasteiger partial charge in [-0.2, -0.15) is 0 Å². The largest absolute Gasteiger partial charge is 0.480 e. The number of nitrogens with zero attached hydrogens (tertiary/aromatic N) is 3. The smallest absolute Gasteiger partial charge is 0.323 e. The van der Waals surface area contributed by atoms with Crippen molar-refractivity contribution in [3.63, 3.8) is 0 Å². The van der Waals surface area contributed by atoms with Gasteiger partial charge < -0.3 is 14.6 Å². The molecule has 1 aliphatic rings. The van der Waals surface area contributed by atoms with Crippen molar-refractivity contribution >= 4 is 11.9 Å². The van der Waals surface area contributed by atoms with E-state index in [-0.39, 0.29) is 12.5 Å². The molecule has 1 aliphatic heterocycles. The molecule has 2 heterocycles. The van der Waals surface area contributed by atoms with Crippen LogP contribution in [0, 0.1) is 0 Å². The normalized spacial score (nSPS) is 20.1. The maximum atomic E-state index is 12.5. The van der Waals surface area contributed by atoms with Crippen molar-refractivity contribution in [1.82, 2.24) is 14.4 Å². The first-order valence-electron chi connectivity index (χ1n) is 6.93. The van der Waals surface area contributed by atoms with Gasteiger partial charge in [-0.3, -0.25) is 14.5 Å². The standard InChI is InChI=1S/C14H21N3O3/c1-3-15-7-8-17(9-11(15)2)14(20)12-5-4-6-16(12)10-13(18)19/h4-6,11H,3,7-10H2,1-2H3,(H,18,19). The van der Waals surface area contributed by atoms with Gasteiger partial charge >= 0.3 is 5.97 Å². The van der Waals surface area contributed by atoms with Gasteiger partial charge in [-0.1, -0.05) is 6.92 Å². The number of aromatic nitrogens is 1. The van der Waals surface area contributed by atoms with Crippen LogP contribution in [0.3, 0.4) is 0 Å². The van der Waals surface area contributed by atoms with Crippen LogP contribution in [0.4, 0.5) is 0 Å². The van der Waals surface area contributed by atoms with Crippen molar-refractivity contribution in [1.29, 1.82) is 0 Å². The van der Waals surface area contributed by atoms with Gasteiger partial charge in [0.25, 0.3) is 5.91 Å². The molecule has 0 spiro atoms. The fraction of sp³-hybridized carbons (Fsp3) is 0.571. The fourth-order valence-corrected chi connectivity index (χ4v) is 2.70. The number of hydrogen-bond donors (Lipinski definition) is 1. The van der Waals surface area contributed by atoms with Crippen LogP contribution in [0.2, 0.25) is 0 Å². The number of carboxylic acid groups (broad SMARTS) is 1. The van der Waals surface area contributed by atoms with Gasteiger partial charge in [0.2, 0.25) is 0 Å². The van der Waals surface area contributed by atoms with Gasteiger partial charge in [0.15, 0.2) is 0 Å². The molecule has 1 amide bonds. The summed E-state index contributed by atoms with van der Waals surface area (Å²) < 4.78 is 1.49. The summed E-state index contributed by atoms with van der Waals surface area (Å²) in [7, 11) is 0. The Labute approximate surface area is 118 Å². The summed E-state index contributed by atoms with van der Waals surface area (Å²) in [5, 5.41) is 8.86. The Morgan fingerprint density at radius 2 is 2.15 bits per heavy atom. The molecule has 0 aromatic carbocycles. The lowest BCUT2D eigenvalue weighted by Gasteiger charge is -2.39. The Balaban J connectivity index is 2.09. The Morgan fingerprint density at radius 3 is 2.75 bits per heavy atom. The monoisotopic (exact) mass is 279 g/mol. The van der Waals surface area contributed by atoms with Gasteiger partial charge in [0.05, 0.1) is 0 Å². The van der Waals surface area contributed by atoms with Gasteiger partial charge in [-0.25, -0.2) is 0 Å². The van der Waals surface area contributed by atoms with E-state index in [0.29, 0.717) is 24.8 Å². The molecule has 110 valence electrons. The lowest BCUT2D eigenvalue weighted by molar-refractivity contribution is -0.137. The second-order valence-electron chi connectivity index (χ2n) is 5.14. The second-order valence-corrected chi connectivity index (χ2v) is 5.14. The molecule has 1 saturated heterocycles. The Bertz CT molecular complexity index is 498. The summed E-state index contributed by atoms with van der Waals surface area (Å²) in [4.78, 5) is 27.4. The third-order valence-corrected chi connectivity index (χ3v) is 3.81. The zero-order valence-corrected chi connectivity index (χ0v) is 12.0. The number of hydrogen-bond acceptors (Lipinski definition) is 3. The van der Waals surface area contributed by atoms with Gasteiger partial charge in [0, 0.05) is 31.9 Å². The molecule has 1 N–H and O–H groups in total. The first-order chi connectivity index (χ1) is 9.52. The zero-order chi connectivity index (χ0) is 14.7. The van der Waals surface area contributed by atoms with E-state index in [2.05, 4.69) is 18.7 Å². The van der Waals surface area contributed by atoms with Crippen molar-refractivity contribution in [3.8, 4) is 0 Å². The molecule has 1 aromatic heterocycles. The van der Waals surface area contributed by atoms with Gasteiger partial charge in [0.1, 0.15) is 12.2 Å². The number of rotatable bonds is 4. The fourth-order valence-electron chi connectivity index (χ4n) is 2.70. The first kappa shape index (κ1) is 14.6. The second kappa shape index (κ2) is 6.09. The molecular formula is C14H21N3O3. The van der Waals surface area contributed by atoms with E-state index < -0.39 is 5.97 Å². The Hall–Kier alpha value is -1.82. The molecule has 2 rings (SSSR count). The van der Waals surface area contributed by atoms with Gasteiger partial charge in [-0.15, -0.1) is 0 Å². The molecule has 20 heavy (non-hydrogen) atoms. The summed E-state index contributed by atoms with van der Waals surface area (Å²) >= 11 is 0. The van der Waals surface area contributed by atoms with Crippen LogP contribution >= 0.6 is 0 Å². The maximum Gasteiger partial charge on any atom is 0.323 e. The zero-order valence-electron chi connectivity index (χ0n) is 12.0. The average Bonchev–Trinajstić information content (AvgIpc) is 2.85. The third kappa shape index (κ3) is 3.01. The van der Waals surface area contributed by atoms with E-state index >= 15 is 0 Å². The van der Waals surface area contributed by atoms with Crippen molar-refractivity contribution in [3.05, 3.63) is 24.0 Å². The van der Waals surface area contributed by atoms with Crippen LogP contribution in [0.5, 0.6) is 0 Å². The van der Waals surface area contributed by atoms with E-state index in [1.165, 1.54) is 4.57 Å². The van der Waals surface area contributed by atoms with E-state index in [0.717, 1.165) is 13.1 Å². The molecule has 1 atom stereocenters. The quantitative estimate of drug-likeness (QED) is 0.883. The molecule has 0 aliphatic carbocycles. The molecule has 0 radical (unpaired) electrons. The molecule has 6 nitrogen and oxygen atoms in total. The Morgan fingerprint density at radius 1 is 1.40 bits per heavy atom. The van der Waals surface area contributed by atoms with E-state index in [9.17, 15) is 9.59 Å². The summed E-state index contributed by atoms with van der Waals surface area (Å²) in [6.07, 6.45) is 1.63. The van der Waals surface area contributed by atoms with Crippen molar-refractivity contribution < 1.29 is 14.7 Å². The van der Waals surface area contributed by atoms with Crippen LogP contribution in [0.25, 0.3) is 0 Å². The minimum Gasteiger partial charge on any atom is -0.480 e. The number of likely N-dealkylation sites (N-methyl/N-ethyl adjacent to an activating group) is 1. The summed E-state index contributed by atoms with van der Waals surface area (Å²) in [6, 6.07) is 3.73. The molecule has 1 fully saturated rings. The molecule has 6 heteroatoms. The van der Waals surface area contributed by atoms with E-state index in [4.69, 9.17) is 5.11 Å². The van der Waals surface area contributed by atoms with Crippen LogP contribution in [-0.2, 0) is 11.3 Å². The highest BCUT2D eigenvalue weighted by Gasteiger charge is 2.27. The minimum atomic E-state index is -0.945. The topological polar surface area (TPSA) is 65.8 Å². The van der Waals surface area contributed by atoms with Crippen molar-refractivity contribution in [2.75, 3.05) is 26.2 Å². The van der Waals surface area contributed by atoms with Crippen molar-refractivity contribution in [2.24, 2.45) is 0 Å². The number of aliphatic carboxylic acids is 1.